The molecule has 5 aromatic rings. The molecule has 0 fully saturated rings. The third kappa shape index (κ3) is 9.82. The number of ether oxygens (including phenoxy) is 2. The molecule has 3 N–H and O–H groups in total. The Kier molecular flexibility index (Phi) is 12.1. The molecule has 0 amide bonds. The lowest BCUT2D eigenvalue weighted by molar-refractivity contribution is 0.410. The van der Waals surface area contributed by atoms with Gasteiger partial charge < -0.3 is 9.47 Å². The number of rotatable bonds is 8. The average Bonchev–Trinajstić information content (AvgIpc) is 2.93. The number of H-pyrrole nitrogens is 3. The van der Waals surface area contributed by atoms with Crippen LogP contribution in [0.3, 0.4) is 0 Å². The fourth-order valence-corrected chi connectivity index (χ4v) is 6.90. The van der Waals surface area contributed by atoms with Crippen LogP contribution in [0.1, 0.15) is 78.5 Å². The molecule has 10 nitrogen and oxygen atoms in total. The topological polar surface area (TPSA) is 139 Å². The van der Waals surface area contributed by atoms with Gasteiger partial charge in [0.15, 0.2) is 0 Å². The van der Waals surface area contributed by atoms with Gasteiger partial charge in [-0.05, 0) is 110 Å². The van der Waals surface area contributed by atoms with Crippen LogP contribution in [0.4, 0.5) is 0 Å². The highest BCUT2D eigenvalue weighted by atomic mass is 79.9. The van der Waals surface area contributed by atoms with Crippen molar-refractivity contribution in [1.29, 1.82) is 0 Å². The maximum absolute atomic E-state index is 12.7. The number of aromatic nitrogens is 4. The van der Waals surface area contributed by atoms with E-state index in [1.54, 1.807) is 0 Å². The highest BCUT2D eigenvalue weighted by Crippen LogP contribution is 2.30. The van der Waals surface area contributed by atoms with Gasteiger partial charge in [-0.3, -0.25) is 29.1 Å². The molecule has 12 heteroatoms. The maximum Gasteiger partial charge on any atom is 0.331 e. The Hall–Kier alpha value is -4.42. The van der Waals surface area contributed by atoms with Crippen LogP contribution in [0.15, 0.2) is 82.7 Å². The van der Waals surface area contributed by atoms with Crippen molar-refractivity contribution in [2.45, 2.75) is 73.8 Å². The first kappa shape index (κ1) is 37.4. The van der Waals surface area contributed by atoms with E-state index in [4.69, 9.17) is 9.47 Å². The zero-order valence-corrected chi connectivity index (χ0v) is 31.9. The van der Waals surface area contributed by atoms with Gasteiger partial charge in [0.1, 0.15) is 11.5 Å². The van der Waals surface area contributed by atoms with E-state index in [1.165, 1.54) is 4.57 Å². The fraction of sp³-hybridized carbons (Fsp3) is 0.297. The van der Waals surface area contributed by atoms with Crippen molar-refractivity contribution in [3.05, 3.63) is 144 Å². The molecule has 0 saturated heterocycles. The molecule has 0 saturated carbocycles. The standard InChI is InChI=1S/C22H22Br2N2O3.C15H18N2O3/c1-12(2)19-20(27)25-22(28)26(11-15-8-16(23)10-17(24)9-15)21(19)29-18-6-13(3)5-14(4)7-18;1-8(2)12-13(18)16-15(19)17-14(12)20-11-6-9(3)5-10(4)7-11/h5-10,12H,11H2,1-4H3,(H,25,27,28);5-8H,1-4H3,(H2,16,17,18,19). The van der Waals surface area contributed by atoms with Crippen molar-refractivity contribution < 1.29 is 9.47 Å². The van der Waals surface area contributed by atoms with Gasteiger partial charge in [0.05, 0.1) is 17.7 Å². The SMILES string of the molecule is Cc1cc(C)cc(Oc2[nH]c(=O)[nH]c(=O)c2C(C)C)c1.Cc1cc(C)cc(Oc2c(C(C)C)c(=O)[nH]c(=O)n2Cc2cc(Br)cc(Br)c2)c1. The Bertz CT molecular complexity index is 2170. The lowest BCUT2D eigenvalue weighted by Crippen LogP contribution is -2.34. The molecule has 3 aromatic carbocycles. The lowest BCUT2D eigenvalue weighted by atomic mass is 10.1. The lowest BCUT2D eigenvalue weighted by Gasteiger charge is -2.19. The predicted molar refractivity (Wildman–Crippen MR) is 200 cm³/mol. The first-order valence-corrected chi connectivity index (χ1v) is 17.3. The van der Waals surface area contributed by atoms with E-state index in [1.807, 2.05) is 110 Å². The summed E-state index contributed by atoms with van der Waals surface area (Å²) in [6.45, 7) is 15.7. The number of hydrogen-bond donors (Lipinski definition) is 3. The molecule has 49 heavy (non-hydrogen) atoms. The Morgan fingerprint density at radius 2 is 1.08 bits per heavy atom. The highest BCUT2D eigenvalue weighted by Gasteiger charge is 2.21. The second kappa shape index (κ2) is 15.9. The van der Waals surface area contributed by atoms with Gasteiger partial charge >= 0.3 is 11.4 Å². The molecule has 0 unspecified atom stereocenters. The van der Waals surface area contributed by atoms with Crippen molar-refractivity contribution >= 4 is 31.9 Å². The number of nitrogens with zero attached hydrogens (tertiary/aromatic N) is 1. The van der Waals surface area contributed by atoms with Crippen LogP contribution >= 0.6 is 31.9 Å². The van der Waals surface area contributed by atoms with Gasteiger partial charge in [0.25, 0.3) is 11.1 Å². The molecule has 2 aromatic heterocycles. The Morgan fingerprint density at radius 1 is 0.612 bits per heavy atom. The summed E-state index contributed by atoms with van der Waals surface area (Å²) in [6.07, 6.45) is 0. The maximum atomic E-state index is 12.7. The van der Waals surface area contributed by atoms with E-state index in [2.05, 4.69) is 46.8 Å². The summed E-state index contributed by atoms with van der Waals surface area (Å²) in [5.41, 5.74) is 4.05. The van der Waals surface area contributed by atoms with Crippen LogP contribution < -0.4 is 32.0 Å². The second-order valence-corrected chi connectivity index (χ2v) is 14.5. The zero-order chi connectivity index (χ0) is 36.2. The average molecular weight is 797 g/mol. The molecule has 0 aliphatic heterocycles. The summed E-state index contributed by atoms with van der Waals surface area (Å²) in [5, 5.41) is 0. The monoisotopic (exact) mass is 794 g/mol. The largest absolute Gasteiger partial charge is 0.440 e. The third-order valence-electron chi connectivity index (χ3n) is 7.37. The number of aryl methyl sites for hydroxylation is 4. The highest BCUT2D eigenvalue weighted by molar-refractivity contribution is 9.11. The summed E-state index contributed by atoms with van der Waals surface area (Å²) in [5.74, 6) is 1.50. The summed E-state index contributed by atoms with van der Waals surface area (Å²) in [4.78, 5) is 55.8. The number of aromatic amines is 3. The van der Waals surface area contributed by atoms with Crippen LogP contribution in [0.2, 0.25) is 0 Å². The van der Waals surface area contributed by atoms with Gasteiger partial charge in [-0.15, -0.1) is 0 Å². The Labute approximate surface area is 300 Å². The molecule has 5 rings (SSSR count). The third-order valence-corrected chi connectivity index (χ3v) is 8.29. The molecule has 0 aliphatic rings. The summed E-state index contributed by atoms with van der Waals surface area (Å²) < 4.78 is 15.1. The second-order valence-electron chi connectivity index (χ2n) is 12.7. The first-order chi connectivity index (χ1) is 23.0. The minimum absolute atomic E-state index is 0.0588. The van der Waals surface area contributed by atoms with Gasteiger partial charge in [-0.2, -0.15) is 0 Å². The van der Waals surface area contributed by atoms with Crippen molar-refractivity contribution in [3.8, 4) is 23.3 Å². The van der Waals surface area contributed by atoms with Crippen LogP contribution in [0.5, 0.6) is 23.3 Å². The fourth-order valence-electron chi connectivity index (χ4n) is 5.51. The van der Waals surface area contributed by atoms with Crippen molar-refractivity contribution in [2.75, 3.05) is 0 Å². The van der Waals surface area contributed by atoms with E-state index in [0.717, 1.165) is 36.8 Å². The molecular weight excluding hydrogens is 756 g/mol. The zero-order valence-electron chi connectivity index (χ0n) is 28.7. The summed E-state index contributed by atoms with van der Waals surface area (Å²) in [7, 11) is 0. The first-order valence-electron chi connectivity index (χ1n) is 15.7. The van der Waals surface area contributed by atoms with Crippen LogP contribution in [-0.4, -0.2) is 19.5 Å². The van der Waals surface area contributed by atoms with Gasteiger partial charge in [-0.25, -0.2) is 9.59 Å². The molecule has 0 radical (unpaired) electrons. The van der Waals surface area contributed by atoms with Crippen molar-refractivity contribution in [2.24, 2.45) is 0 Å². The van der Waals surface area contributed by atoms with E-state index in [9.17, 15) is 19.2 Å². The molecule has 0 bridgehead atoms. The molecule has 258 valence electrons. The van der Waals surface area contributed by atoms with Crippen LogP contribution in [0.25, 0.3) is 0 Å². The van der Waals surface area contributed by atoms with E-state index >= 15 is 0 Å². The van der Waals surface area contributed by atoms with Gasteiger partial charge in [0, 0.05) is 8.95 Å². The smallest absolute Gasteiger partial charge is 0.331 e. The summed E-state index contributed by atoms with van der Waals surface area (Å²) >= 11 is 6.95. The van der Waals surface area contributed by atoms with Gasteiger partial charge in [0.2, 0.25) is 11.8 Å². The number of benzene rings is 3. The van der Waals surface area contributed by atoms with Crippen LogP contribution in [0, 0.1) is 27.7 Å². The molecular formula is C37H40Br2N4O6. The van der Waals surface area contributed by atoms with E-state index < -0.39 is 22.5 Å². The number of hydrogen-bond acceptors (Lipinski definition) is 6. The molecule has 0 atom stereocenters. The Morgan fingerprint density at radius 3 is 1.57 bits per heavy atom. The molecule has 0 spiro atoms. The van der Waals surface area contributed by atoms with Crippen molar-refractivity contribution in [1.82, 2.24) is 19.5 Å². The molecule has 2 heterocycles. The Balaban J connectivity index is 0.000000237. The van der Waals surface area contributed by atoms with E-state index in [-0.39, 0.29) is 30.1 Å². The van der Waals surface area contributed by atoms with Crippen molar-refractivity contribution in [3.63, 3.8) is 0 Å². The predicted octanol–water partition coefficient (Wildman–Crippen LogP) is 8.24. The molecule has 0 aliphatic carbocycles. The normalized spacial score (nSPS) is 11.0. The van der Waals surface area contributed by atoms with Crippen LogP contribution in [-0.2, 0) is 6.54 Å². The quantitative estimate of drug-likeness (QED) is 0.145. The minimum atomic E-state index is -0.571. The van der Waals surface area contributed by atoms with E-state index in [0.29, 0.717) is 22.6 Å². The number of halogens is 2. The summed E-state index contributed by atoms with van der Waals surface area (Å²) in [6, 6.07) is 17.3. The number of nitrogens with one attached hydrogen (secondary N) is 3. The van der Waals surface area contributed by atoms with Gasteiger partial charge in [-0.1, -0.05) is 71.7 Å². The minimum Gasteiger partial charge on any atom is -0.440 e.